The molecule has 4 nitrogen and oxygen atoms in total. The predicted molar refractivity (Wildman–Crippen MR) is 88.0 cm³/mol. The monoisotopic (exact) mass is 309 g/mol. The highest BCUT2D eigenvalue weighted by molar-refractivity contribution is 7.17. The van der Waals surface area contributed by atoms with Crippen LogP contribution in [0.25, 0.3) is 21.5 Å². The van der Waals surface area contributed by atoms with Gasteiger partial charge >= 0.3 is 0 Å². The van der Waals surface area contributed by atoms with Crippen LogP contribution in [0.2, 0.25) is 0 Å². The van der Waals surface area contributed by atoms with Crippen molar-refractivity contribution in [2.45, 2.75) is 19.3 Å². The first kappa shape index (κ1) is 13.4. The molecule has 3 aromatic rings. The quantitative estimate of drug-likeness (QED) is 0.790. The van der Waals surface area contributed by atoms with Crippen molar-refractivity contribution in [3.05, 3.63) is 47.1 Å². The molecule has 0 bridgehead atoms. The number of hydrogen-bond donors (Lipinski definition) is 1. The molecule has 1 unspecified atom stereocenters. The number of amides is 1. The van der Waals surface area contributed by atoms with Gasteiger partial charge in [0.05, 0.1) is 15.9 Å². The summed E-state index contributed by atoms with van der Waals surface area (Å²) < 4.78 is 1.12. The molecule has 0 saturated carbocycles. The molecule has 1 saturated heterocycles. The van der Waals surface area contributed by atoms with Crippen LogP contribution in [-0.4, -0.2) is 22.4 Å². The maximum atomic E-state index is 11.3. The molecular formula is C17H15N3OS. The van der Waals surface area contributed by atoms with E-state index in [2.05, 4.69) is 39.6 Å². The number of hydrogen-bond acceptors (Lipinski definition) is 4. The highest BCUT2D eigenvalue weighted by Crippen LogP contribution is 2.31. The highest BCUT2D eigenvalue weighted by atomic mass is 32.1. The second-order valence-corrected chi connectivity index (χ2v) is 6.50. The molecule has 1 amide bonds. The molecule has 5 heteroatoms. The summed E-state index contributed by atoms with van der Waals surface area (Å²) in [6, 6.07) is 10.4. The minimum Gasteiger partial charge on any atom is -0.355 e. The molecular weight excluding hydrogens is 294 g/mol. The lowest BCUT2D eigenvalue weighted by molar-refractivity contribution is -0.119. The van der Waals surface area contributed by atoms with E-state index in [-0.39, 0.29) is 11.8 Å². The SMILES string of the molecule is Cc1nc(-c2ccc(C3CNC(=O)C3)cc2)c2sccc2n1. The zero-order valence-corrected chi connectivity index (χ0v) is 13.0. The van der Waals surface area contributed by atoms with Crippen LogP contribution in [0.4, 0.5) is 0 Å². The van der Waals surface area contributed by atoms with Gasteiger partial charge < -0.3 is 5.32 Å². The fourth-order valence-electron chi connectivity index (χ4n) is 2.93. The molecule has 1 aromatic carbocycles. The molecule has 1 atom stereocenters. The summed E-state index contributed by atoms with van der Waals surface area (Å²) in [5.41, 5.74) is 4.29. The van der Waals surface area contributed by atoms with Crippen molar-refractivity contribution >= 4 is 27.5 Å². The number of carbonyl (C=O) groups excluding carboxylic acids is 1. The van der Waals surface area contributed by atoms with Crippen molar-refractivity contribution in [1.82, 2.24) is 15.3 Å². The third kappa shape index (κ3) is 2.27. The molecule has 0 aliphatic carbocycles. The molecule has 110 valence electrons. The summed E-state index contributed by atoms with van der Waals surface area (Å²) in [4.78, 5) is 20.4. The Kier molecular flexibility index (Phi) is 3.15. The van der Waals surface area contributed by atoms with Crippen LogP contribution in [0.15, 0.2) is 35.7 Å². The van der Waals surface area contributed by atoms with Crippen LogP contribution in [0.3, 0.4) is 0 Å². The second-order valence-electron chi connectivity index (χ2n) is 5.58. The van der Waals surface area contributed by atoms with Crippen molar-refractivity contribution in [2.24, 2.45) is 0 Å². The van der Waals surface area contributed by atoms with E-state index in [9.17, 15) is 4.79 Å². The summed E-state index contributed by atoms with van der Waals surface area (Å²) in [5.74, 6) is 1.21. The van der Waals surface area contributed by atoms with Crippen LogP contribution in [-0.2, 0) is 4.79 Å². The molecule has 2 aromatic heterocycles. The summed E-state index contributed by atoms with van der Waals surface area (Å²) in [5, 5.41) is 4.93. The highest BCUT2D eigenvalue weighted by Gasteiger charge is 2.22. The Morgan fingerprint density at radius 1 is 1.18 bits per heavy atom. The first-order valence-corrected chi connectivity index (χ1v) is 8.17. The van der Waals surface area contributed by atoms with Crippen molar-refractivity contribution < 1.29 is 4.79 Å². The molecule has 1 aliphatic rings. The van der Waals surface area contributed by atoms with Crippen molar-refractivity contribution in [3.63, 3.8) is 0 Å². The fraction of sp³-hybridized carbons (Fsp3) is 0.235. The van der Waals surface area contributed by atoms with Crippen molar-refractivity contribution in [2.75, 3.05) is 6.54 Å². The minimum absolute atomic E-state index is 0.140. The van der Waals surface area contributed by atoms with Gasteiger partial charge in [-0.15, -0.1) is 11.3 Å². The Balaban J connectivity index is 1.73. The van der Waals surface area contributed by atoms with Gasteiger partial charge in [0.15, 0.2) is 0 Å². The van der Waals surface area contributed by atoms with Gasteiger partial charge in [-0.25, -0.2) is 9.97 Å². The van der Waals surface area contributed by atoms with E-state index in [1.807, 2.05) is 18.4 Å². The number of nitrogens with zero attached hydrogens (tertiary/aromatic N) is 2. The smallest absolute Gasteiger partial charge is 0.220 e. The Labute approximate surface area is 132 Å². The standard InChI is InChI=1S/C17H15N3OS/c1-10-19-14-6-7-22-17(14)16(20-10)12-4-2-11(3-5-12)13-8-15(21)18-9-13/h2-7,13H,8-9H2,1H3,(H,18,21). The number of carbonyl (C=O) groups is 1. The lowest BCUT2D eigenvalue weighted by Crippen LogP contribution is -2.13. The third-order valence-corrected chi connectivity index (χ3v) is 4.96. The zero-order chi connectivity index (χ0) is 15.1. The predicted octanol–water partition coefficient (Wildman–Crippen LogP) is 3.27. The number of rotatable bonds is 2. The van der Waals surface area contributed by atoms with Crippen LogP contribution in [0.1, 0.15) is 23.7 Å². The van der Waals surface area contributed by atoms with Crippen molar-refractivity contribution in [3.8, 4) is 11.3 Å². The largest absolute Gasteiger partial charge is 0.355 e. The van der Waals surface area contributed by atoms with E-state index in [4.69, 9.17) is 0 Å². The molecule has 22 heavy (non-hydrogen) atoms. The molecule has 4 rings (SSSR count). The van der Waals surface area contributed by atoms with Gasteiger partial charge in [0, 0.05) is 24.4 Å². The first-order valence-electron chi connectivity index (χ1n) is 7.29. The lowest BCUT2D eigenvalue weighted by atomic mass is 9.96. The van der Waals surface area contributed by atoms with Crippen LogP contribution >= 0.6 is 11.3 Å². The number of aromatic nitrogens is 2. The van der Waals surface area contributed by atoms with E-state index in [1.165, 1.54) is 5.56 Å². The molecule has 1 N–H and O–H groups in total. The summed E-state index contributed by atoms with van der Waals surface area (Å²) in [6.07, 6.45) is 0.584. The summed E-state index contributed by atoms with van der Waals surface area (Å²) in [6.45, 7) is 2.66. The van der Waals surface area contributed by atoms with Gasteiger partial charge in [-0.2, -0.15) is 0 Å². The molecule has 1 aliphatic heterocycles. The van der Waals surface area contributed by atoms with Gasteiger partial charge in [-0.1, -0.05) is 24.3 Å². The van der Waals surface area contributed by atoms with Crippen LogP contribution in [0, 0.1) is 6.92 Å². The average Bonchev–Trinajstić information content (AvgIpc) is 3.15. The van der Waals surface area contributed by atoms with E-state index in [1.54, 1.807) is 11.3 Å². The number of fused-ring (bicyclic) bond motifs is 1. The topological polar surface area (TPSA) is 54.9 Å². The van der Waals surface area contributed by atoms with Gasteiger partial charge in [0.1, 0.15) is 5.82 Å². The lowest BCUT2D eigenvalue weighted by Gasteiger charge is -2.09. The minimum atomic E-state index is 0.140. The van der Waals surface area contributed by atoms with E-state index < -0.39 is 0 Å². The number of benzene rings is 1. The van der Waals surface area contributed by atoms with Gasteiger partial charge in [0.25, 0.3) is 0 Å². The van der Waals surface area contributed by atoms with Crippen molar-refractivity contribution in [1.29, 1.82) is 0 Å². The fourth-order valence-corrected chi connectivity index (χ4v) is 3.77. The Morgan fingerprint density at radius 3 is 2.73 bits per heavy atom. The zero-order valence-electron chi connectivity index (χ0n) is 12.2. The molecule has 3 heterocycles. The van der Waals surface area contributed by atoms with Crippen LogP contribution < -0.4 is 5.32 Å². The maximum Gasteiger partial charge on any atom is 0.220 e. The van der Waals surface area contributed by atoms with E-state index in [0.717, 1.165) is 33.8 Å². The summed E-state index contributed by atoms with van der Waals surface area (Å²) in [7, 11) is 0. The number of nitrogens with one attached hydrogen (secondary N) is 1. The normalized spacial score (nSPS) is 17.9. The Hall–Kier alpha value is -2.27. The maximum absolute atomic E-state index is 11.3. The molecule has 0 radical (unpaired) electrons. The first-order chi connectivity index (χ1) is 10.7. The average molecular weight is 309 g/mol. The second kappa shape index (κ2) is 5.18. The summed E-state index contributed by atoms with van der Waals surface area (Å²) >= 11 is 1.67. The molecule has 1 fully saturated rings. The third-order valence-electron chi connectivity index (χ3n) is 4.05. The van der Waals surface area contributed by atoms with E-state index in [0.29, 0.717) is 6.42 Å². The Bertz CT molecular complexity index is 854. The van der Waals surface area contributed by atoms with Gasteiger partial charge in [-0.05, 0) is 23.9 Å². The van der Waals surface area contributed by atoms with E-state index >= 15 is 0 Å². The van der Waals surface area contributed by atoms with Gasteiger partial charge in [-0.3, -0.25) is 4.79 Å². The van der Waals surface area contributed by atoms with Gasteiger partial charge in [0.2, 0.25) is 5.91 Å². The van der Waals surface area contributed by atoms with Crippen LogP contribution in [0.5, 0.6) is 0 Å². The number of aryl methyl sites for hydroxylation is 1. The Morgan fingerprint density at radius 2 is 2.00 bits per heavy atom. The molecule has 0 spiro atoms. The number of thiophene rings is 1.